The predicted molar refractivity (Wildman–Crippen MR) is 90.3 cm³/mol. The summed E-state index contributed by atoms with van der Waals surface area (Å²) >= 11 is 0. The van der Waals surface area contributed by atoms with Crippen molar-refractivity contribution in [1.82, 2.24) is 4.98 Å². The Morgan fingerprint density at radius 2 is 2.27 bits per heavy atom. The van der Waals surface area contributed by atoms with E-state index in [1.165, 1.54) is 0 Å². The Hall–Kier alpha value is -1.73. The van der Waals surface area contributed by atoms with E-state index in [0.29, 0.717) is 12.3 Å². The van der Waals surface area contributed by atoms with E-state index in [1.54, 1.807) is 6.20 Å². The van der Waals surface area contributed by atoms with Gasteiger partial charge in [0.05, 0.1) is 18.2 Å². The fraction of sp³-hybridized carbons (Fsp3) is 0.611. The minimum atomic E-state index is -0.270. The Labute approximate surface area is 132 Å². The standard InChI is InChI=1S/C18H26N2O2/c1-5-6-7-8-9-15-12-16(17(21)19-13-15)20-10-11-22-18(3,4)14(20)2/h12-14H,5-7,10-11H2,1-4H3,(H,19,21). The van der Waals surface area contributed by atoms with Gasteiger partial charge in [-0.15, -0.1) is 0 Å². The highest BCUT2D eigenvalue weighted by Gasteiger charge is 2.36. The molecular formula is C18H26N2O2. The molecule has 0 bridgehead atoms. The molecule has 0 radical (unpaired) electrons. The van der Waals surface area contributed by atoms with Crippen LogP contribution in [0.1, 0.15) is 52.5 Å². The molecular weight excluding hydrogens is 276 g/mol. The Morgan fingerprint density at radius 3 is 3.00 bits per heavy atom. The van der Waals surface area contributed by atoms with Crippen LogP contribution in [0, 0.1) is 11.8 Å². The summed E-state index contributed by atoms with van der Waals surface area (Å²) in [5.41, 5.74) is 1.21. The summed E-state index contributed by atoms with van der Waals surface area (Å²) in [6.07, 6.45) is 4.84. The second-order valence-corrected chi connectivity index (χ2v) is 6.33. The van der Waals surface area contributed by atoms with Crippen LogP contribution < -0.4 is 10.5 Å². The van der Waals surface area contributed by atoms with Gasteiger partial charge in [-0.05, 0) is 33.3 Å². The first kappa shape index (κ1) is 16.6. The van der Waals surface area contributed by atoms with E-state index in [-0.39, 0.29) is 17.2 Å². The van der Waals surface area contributed by atoms with Crippen molar-refractivity contribution < 1.29 is 4.74 Å². The third-order valence-corrected chi connectivity index (χ3v) is 4.36. The molecule has 1 aliphatic heterocycles. The van der Waals surface area contributed by atoms with Crippen LogP contribution in [0.4, 0.5) is 5.69 Å². The van der Waals surface area contributed by atoms with Crippen molar-refractivity contribution in [3.05, 3.63) is 28.2 Å². The van der Waals surface area contributed by atoms with Crippen LogP contribution in [0.15, 0.2) is 17.1 Å². The lowest BCUT2D eigenvalue weighted by molar-refractivity contribution is -0.0530. The van der Waals surface area contributed by atoms with Gasteiger partial charge in [0, 0.05) is 24.7 Å². The lowest BCUT2D eigenvalue weighted by Gasteiger charge is -2.45. The van der Waals surface area contributed by atoms with Gasteiger partial charge in [0.15, 0.2) is 0 Å². The predicted octanol–water partition coefficient (Wildman–Crippen LogP) is 2.92. The van der Waals surface area contributed by atoms with Crippen molar-refractivity contribution in [2.24, 2.45) is 0 Å². The summed E-state index contributed by atoms with van der Waals surface area (Å²) in [6, 6.07) is 2.03. The maximum Gasteiger partial charge on any atom is 0.271 e. The summed E-state index contributed by atoms with van der Waals surface area (Å²) in [6.45, 7) is 9.72. The van der Waals surface area contributed by atoms with E-state index < -0.39 is 0 Å². The van der Waals surface area contributed by atoms with E-state index in [2.05, 4.69) is 49.4 Å². The number of pyridine rings is 1. The molecule has 4 heteroatoms. The maximum absolute atomic E-state index is 12.2. The number of hydrogen-bond donors (Lipinski definition) is 1. The van der Waals surface area contributed by atoms with Gasteiger partial charge < -0.3 is 14.6 Å². The molecule has 0 spiro atoms. The zero-order chi connectivity index (χ0) is 16.2. The van der Waals surface area contributed by atoms with Gasteiger partial charge in [0.25, 0.3) is 5.56 Å². The highest BCUT2D eigenvalue weighted by molar-refractivity contribution is 5.51. The first-order valence-corrected chi connectivity index (χ1v) is 8.08. The minimum absolute atomic E-state index is 0.0661. The topological polar surface area (TPSA) is 45.3 Å². The van der Waals surface area contributed by atoms with Gasteiger partial charge in [-0.3, -0.25) is 4.79 Å². The number of ether oxygens (including phenoxy) is 1. The molecule has 0 amide bonds. The van der Waals surface area contributed by atoms with Crippen LogP contribution in [0.3, 0.4) is 0 Å². The fourth-order valence-electron chi connectivity index (χ4n) is 2.61. The number of rotatable bonds is 3. The lowest BCUT2D eigenvalue weighted by Crippen LogP contribution is -2.56. The molecule has 1 N–H and O–H groups in total. The molecule has 2 rings (SSSR count). The molecule has 22 heavy (non-hydrogen) atoms. The molecule has 2 heterocycles. The number of nitrogens with one attached hydrogen (secondary N) is 1. The highest BCUT2D eigenvalue weighted by Crippen LogP contribution is 2.27. The zero-order valence-corrected chi connectivity index (χ0v) is 14.0. The summed E-state index contributed by atoms with van der Waals surface area (Å²) in [5, 5.41) is 0. The third kappa shape index (κ3) is 3.72. The van der Waals surface area contributed by atoms with E-state index in [1.807, 2.05) is 6.07 Å². The second kappa shape index (κ2) is 7.02. The van der Waals surface area contributed by atoms with Crippen molar-refractivity contribution in [1.29, 1.82) is 0 Å². The summed E-state index contributed by atoms with van der Waals surface area (Å²) < 4.78 is 5.81. The van der Waals surface area contributed by atoms with Crippen molar-refractivity contribution in [3.8, 4) is 11.8 Å². The van der Waals surface area contributed by atoms with Crippen molar-refractivity contribution in [3.63, 3.8) is 0 Å². The average molecular weight is 302 g/mol. The number of anilines is 1. The van der Waals surface area contributed by atoms with Gasteiger partial charge in [-0.2, -0.15) is 0 Å². The Morgan fingerprint density at radius 1 is 1.50 bits per heavy atom. The lowest BCUT2D eigenvalue weighted by atomic mass is 9.96. The molecule has 1 unspecified atom stereocenters. The molecule has 0 aromatic carbocycles. The monoisotopic (exact) mass is 302 g/mol. The van der Waals surface area contributed by atoms with E-state index >= 15 is 0 Å². The van der Waals surface area contributed by atoms with Gasteiger partial charge >= 0.3 is 0 Å². The van der Waals surface area contributed by atoms with Gasteiger partial charge in [-0.25, -0.2) is 0 Å². The first-order valence-electron chi connectivity index (χ1n) is 8.08. The Bertz CT molecular complexity index is 622. The summed E-state index contributed by atoms with van der Waals surface area (Å²) in [5.74, 6) is 6.31. The number of aromatic amines is 1. The smallest absolute Gasteiger partial charge is 0.271 e. The van der Waals surface area contributed by atoms with Crippen LogP contribution in [0.25, 0.3) is 0 Å². The molecule has 1 aliphatic rings. The highest BCUT2D eigenvalue weighted by atomic mass is 16.5. The van der Waals surface area contributed by atoms with Gasteiger partial charge in [0.2, 0.25) is 0 Å². The molecule has 1 aromatic rings. The van der Waals surface area contributed by atoms with Crippen molar-refractivity contribution in [2.45, 2.75) is 58.6 Å². The molecule has 1 fully saturated rings. The molecule has 1 atom stereocenters. The van der Waals surface area contributed by atoms with Crippen LogP contribution in [0.2, 0.25) is 0 Å². The first-order chi connectivity index (χ1) is 10.5. The second-order valence-electron chi connectivity index (χ2n) is 6.33. The third-order valence-electron chi connectivity index (χ3n) is 4.36. The zero-order valence-electron chi connectivity index (χ0n) is 14.0. The van der Waals surface area contributed by atoms with Crippen LogP contribution in [-0.2, 0) is 4.74 Å². The molecule has 0 saturated carbocycles. The van der Waals surface area contributed by atoms with Crippen LogP contribution in [0.5, 0.6) is 0 Å². The summed E-state index contributed by atoms with van der Waals surface area (Å²) in [4.78, 5) is 17.2. The van der Waals surface area contributed by atoms with Crippen molar-refractivity contribution >= 4 is 5.69 Å². The normalized spacial score (nSPS) is 20.4. The van der Waals surface area contributed by atoms with Crippen LogP contribution >= 0.6 is 0 Å². The number of nitrogens with zero attached hydrogens (tertiary/aromatic N) is 1. The van der Waals surface area contributed by atoms with Gasteiger partial charge in [0.1, 0.15) is 5.69 Å². The molecule has 1 aromatic heterocycles. The number of aromatic nitrogens is 1. The number of morpholine rings is 1. The number of H-pyrrole nitrogens is 1. The van der Waals surface area contributed by atoms with E-state index in [9.17, 15) is 4.79 Å². The van der Waals surface area contributed by atoms with Crippen LogP contribution in [-0.4, -0.2) is 29.8 Å². The van der Waals surface area contributed by atoms with E-state index in [0.717, 1.165) is 31.4 Å². The molecule has 1 saturated heterocycles. The Kier molecular flexibility index (Phi) is 5.31. The maximum atomic E-state index is 12.2. The van der Waals surface area contributed by atoms with Crippen molar-refractivity contribution in [2.75, 3.05) is 18.1 Å². The molecule has 0 aliphatic carbocycles. The molecule has 120 valence electrons. The van der Waals surface area contributed by atoms with Gasteiger partial charge in [-0.1, -0.05) is 25.2 Å². The SMILES string of the molecule is CCCCC#Cc1c[nH]c(=O)c(N2CCOC(C)(C)C2C)c1. The quantitative estimate of drug-likeness (QED) is 0.690. The average Bonchev–Trinajstić information content (AvgIpc) is 2.48. The summed E-state index contributed by atoms with van der Waals surface area (Å²) in [7, 11) is 0. The van der Waals surface area contributed by atoms with E-state index in [4.69, 9.17) is 4.74 Å². The Balaban J connectivity index is 2.26. The number of unbranched alkanes of at least 4 members (excludes halogenated alkanes) is 2. The number of hydrogen-bond acceptors (Lipinski definition) is 3. The fourth-order valence-corrected chi connectivity index (χ4v) is 2.61. The molecule has 4 nitrogen and oxygen atoms in total. The largest absolute Gasteiger partial charge is 0.372 e. The minimum Gasteiger partial charge on any atom is -0.372 e.